The van der Waals surface area contributed by atoms with Gasteiger partial charge in [-0.2, -0.15) is 0 Å². The minimum Gasteiger partial charge on any atom is -0.493 e. The Kier molecular flexibility index (Phi) is 4.23. The van der Waals surface area contributed by atoms with Gasteiger partial charge in [-0.3, -0.25) is 0 Å². The first kappa shape index (κ1) is 11.3. The maximum Gasteiger partial charge on any atom is 0.125 e. The SMILES string of the molecule is CCCOc1ccc(Cl)cc1[C@@H](C)O. The highest BCUT2D eigenvalue weighted by Crippen LogP contribution is 2.28. The molecule has 0 saturated carbocycles. The minimum absolute atomic E-state index is 0.555. The predicted molar refractivity (Wildman–Crippen MR) is 57.9 cm³/mol. The highest BCUT2D eigenvalue weighted by atomic mass is 35.5. The Bertz CT molecular complexity index is 297. The molecule has 1 aromatic carbocycles. The standard InChI is InChI=1S/C11H15ClO2/c1-3-6-14-11-5-4-9(12)7-10(11)8(2)13/h4-5,7-8,13H,3,6H2,1-2H3/t8-/m1/s1. The van der Waals surface area contributed by atoms with E-state index in [9.17, 15) is 5.11 Å². The number of rotatable bonds is 4. The molecule has 0 bridgehead atoms. The Hall–Kier alpha value is -0.730. The van der Waals surface area contributed by atoms with Crippen LogP contribution in [-0.2, 0) is 0 Å². The van der Waals surface area contributed by atoms with E-state index >= 15 is 0 Å². The number of aliphatic hydroxyl groups excluding tert-OH is 1. The van der Waals surface area contributed by atoms with Crippen LogP contribution in [0.25, 0.3) is 0 Å². The van der Waals surface area contributed by atoms with Crippen molar-refractivity contribution in [2.24, 2.45) is 0 Å². The van der Waals surface area contributed by atoms with E-state index < -0.39 is 6.10 Å². The summed E-state index contributed by atoms with van der Waals surface area (Å²) in [6.45, 7) is 4.39. The van der Waals surface area contributed by atoms with Gasteiger partial charge >= 0.3 is 0 Å². The molecule has 2 nitrogen and oxygen atoms in total. The normalized spacial score (nSPS) is 12.6. The van der Waals surface area contributed by atoms with Crippen LogP contribution >= 0.6 is 11.6 Å². The second-order valence-corrected chi connectivity index (χ2v) is 3.64. The van der Waals surface area contributed by atoms with Gasteiger partial charge in [-0.05, 0) is 31.5 Å². The Balaban J connectivity index is 2.90. The molecule has 0 fully saturated rings. The minimum atomic E-state index is -0.555. The van der Waals surface area contributed by atoms with Crippen LogP contribution < -0.4 is 4.74 Å². The molecule has 0 amide bonds. The maximum absolute atomic E-state index is 9.49. The lowest BCUT2D eigenvalue weighted by Gasteiger charge is -2.13. The van der Waals surface area contributed by atoms with Gasteiger partial charge in [-0.1, -0.05) is 18.5 Å². The smallest absolute Gasteiger partial charge is 0.125 e. The largest absolute Gasteiger partial charge is 0.493 e. The molecular formula is C11H15ClO2. The zero-order valence-corrected chi connectivity index (χ0v) is 9.21. The van der Waals surface area contributed by atoms with Gasteiger partial charge in [0.2, 0.25) is 0 Å². The van der Waals surface area contributed by atoms with E-state index in [2.05, 4.69) is 0 Å². The van der Waals surface area contributed by atoms with Gasteiger partial charge in [0.15, 0.2) is 0 Å². The summed E-state index contributed by atoms with van der Waals surface area (Å²) in [5.41, 5.74) is 0.742. The van der Waals surface area contributed by atoms with Crippen LogP contribution in [0.3, 0.4) is 0 Å². The molecule has 0 spiro atoms. The van der Waals surface area contributed by atoms with E-state index in [1.807, 2.05) is 6.92 Å². The molecule has 1 N–H and O–H groups in total. The Morgan fingerprint density at radius 2 is 2.21 bits per heavy atom. The lowest BCUT2D eigenvalue weighted by Crippen LogP contribution is -2.01. The zero-order valence-electron chi connectivity index (χ0n) is 8.46. The molecule has 0 aliphatic rings. The second kappa shape index (κ2) is 5.23. The predicted octanol–water partition coefficient (Wildman–Crippen LogP) is 3.18. The van der Waals surface area contributed by atoms with E-state index in [1.54, 1.807) is 25.1 Å². The summed E-state index contributed by atoms with van der Waals surface area (Å²) < 4.78 is 5.48. The lowest BCUT2D eigenvalue weighted by molar-refractivity contribution is 0.191. The first-order valence-corrected chi connectivity index (χ1v) is 5.13. The highest BCUT2D eigenvalue weighted by Gasteiger charge is 2.09. The van der Waals surface area contributed by atoms with Crippen molar-refractivity contribution in [1.29, 1.82) is 0 Å². The average Bonchev–Trinajstić information content (AvgIpc) is 2.15. The summed E-state index contributed by atoms with van der Waals surface area (Å²) in [7, 11) is 0. The van der Waals surface area contributed by atoms with Gasteiger partial charge in [-0.25, -0.2) is 0 Å². The van der Waals surface area contributed by atoms with Crippen LogP contribution in [0.2, 0.25) is 5.02 Å². The molecule has 78 valence electrons. The van der Waals surface area contributed by atoms with Crippen LogP contribution in [0.5, 0.6) is 5.75 Å². The number of hydrogen-bond acceptors (Lipinski definition) is 2. The number of hydrogen-bond donors (Lipinski definition) is 1. The topological polar surface area (TPSA) is 29.5 Å². The summed E-state index contributed by atoms with van der Waals surface area (Å²) in [5, 5.41) is 10.1. The van der Waals surface area contributed by atoms with Crippen molar-refractivity contribution in [3.05, 3.63) is 28.8 Å². The van der Waals surface area contributed by atoms with Gasteiger partial charge in [0, 0.05) is 10.6 Å². The van der Waals surface area contributed by atoms with Crippen molar-refractivity contribution < 1.29 is 9.84 Å². The Morgan fingerprint density at radius 1 is 1.50 bits per heavy atom. The molecule has 0 heterocycles. The fraction of sp³-hybridized carbons (Fsp3) is 0.455. The fourth-order valence-corrected chi connectivity index (χ4v) is 1.37. The van der Waals surface area contributed by atoms with Crippen LogP contribution in [0, 0.1) is 0 Å². The number of benzene rings is 1. The van der Waals surface area contributed by atoms with Crippen molar-refractivity contribution >= 4 is 11.6 Å². The molecule has 0 unspecified atom stereocenters. The molecule has 0 saturated heterocycles. The summed E-state index contributed by atoms with van der Waals surface area (Å²) in [5.74, 6) is 0.714. The van der Waals surface area contributed by atoms with Crippen LogP contribution in [-0.4, -0.2) is 11.7 Å². The fourth-order valence-electron chi connectivity index (χ4n) is 1.19. The first-order chi connectivity index (χ1) is 6.65. The highest BCUT2D eigenvalue weighted by molar-refractivity contribution is 6.30. The van der Waals surface area contributed by atoms with E-state index in [4.69, 9.17) is 16.3 Å². The van der Waals surface area contributed by atoms with Crippen LogP contribution in [0.1, 0.15) is 31.9 Å². The lowest BCUT2D eigenvalue weighted by atomic mass is 10.1. The van der Waals surface area contributed by atoms with Crippen molar-refractivity contribution in [3.63, 3.8) is 0 Å². The van der Waals surface area contributed by atoms with E-state index in [1.165, 1.54) is 0 Å². The van der Waals surface area contributed by atoms with E-state index in [0.29, 0.717) is 17.4 Å². The quantitative estimate of drug-likeness (QED) is 0.834. The average molecular weight is 215 g/mol. The number of ether oxygens (including phenoxy) is 1. The molecule has 0 aliphatic carbocycles. The number of halogens is 1. The second-order valence-electron chi connectivity index (χ2n) is 3.21. The van der Waals surface area contributed by atoms with Gasteiger partial charge in [-0.15, -0.1) is 0 Å². The van der Waals surface area contributed by atoms with Crippen molar-refractivity contribution in [1.82, 2.24) is 0 Å². The van der Waals surface area contributed by atoms with Gasteiger partial charge < -0.3 is 9.84 Å². The molecule has 3 heteroatoms. The molecule has 1 atom stereocenters. The third kappa shape index (κ3) is 2.89. The molecule has 0 radical (unpaired) electrons. The number of aliphatic hydroxyl groups is 1. The van der Waals surface area contributed by atoms with Crippen molar-refractivity contribution in [2.75, 3.05) is 6.61 Å². The third-order valence-corrected chi connectivity index (χ3v) is 2.12. The molecule has 1 aromatic rings. The maximum atomic E-state index is 9.49. The molecule has 1 rings (SSSR count). The first-order valence-electron chi connectivity index (χ1n) is 4.75. The van der Waals surface area contributed by atoms with E-state index in [-0.39, 0.29) is 0 Å². The summed E-state index contributed by atoms with van der Waals surface area (Å²) in [6.07, 6.45) is 0.391. The van der Waals surface area contributed by atoms with Gasteiger partial charge in [0.05, 0.1) is 12.7 Å². The third-order valence-electron chi connectivity index (χ3n) is 1.88. The summed E-state index contributed by atoms with van der Waals surface area (Å²) in [6, 6.07) is 5.29. The zero-order chi connectivity index (χ0) is 10.6. The van der Waals surface area contributed by atoms with Crippen molar-refractivity contribution in [3.8, 4) is 5.75 Å². The summed E-state index contributed by atoms with van der Waals surface area (Å²) >= 11 is 5.83. The van der Waals surface area contributed by atoms with Gasteiger partial charge in [0.25, 0.3) is 0 Å². The molecule has 0 aromatic heterocycles. The Morgan fingerprint density at radius 3 is 2.79 bits per heavy atom. The molecular weight excluding hydrogens is 200 g/mol. The van der Waals surface area contributed by atoms with Crippen LogP contribution in [0.15, 0.2) is 18.2 Å². The van der Waals surface area contributed by atoms with E-state index in [0.717, 1.165) is 12.0 Å². The van der Waals surface area contributed by atoms with Crippen LogP contribution in [0.4, 0.5) is 0 Å². The van der Waals surface area contributed by atoms with Gasteiger partial charge in [0.1, 0.15) is 5.75 Å². The van der Waals surface area contributed by atoms with Crippen molar-refractivity contribution in [2.45, 2.75) is 26.4 Å². The molecule has 0 aliphatic heterocycles. The Labute approximate surface area is 89.5 Å². The monoisotopic (exact) mass is 214 g/mol. The molecule has 14 heavy (non-hydrogen) atoms. The summed E-state index contributed by atoms with van der Waals surface area (Å²) in [4.78, 5) is 0.